The quantitative estimate of drug-likeness (QED) is 0.362. The number of aromatic nitrogens is 6. The second kappa shape index (κ2) is 10.0. The Morgan fingerprint density at radius 1 is 0.974 bits per heavy atom. The number of ether oxygens (including phenoxy) is 1. The van der Waals surface area contributed by atoms with Gasteiger partial charge in [0.1, 0.15) is 23.7 Å². The number of halogens is 1. The van der Waals surface area contributed by atoms with Gasteiger partial charge in [0.05, 0.1) is 42.9 Å². The zero-order chi connectivity index (χ0) is 26.3. The SMILES string of the molecule is Nc1ncnc2c1c(-c1ccc3c(cnn3Cc3ccccc3F)c1)nn2[C@H]1CC[C@H](N2CCOCC2)CC1. The highest BCUT2D eigenvalue weighted by atomic mass is 19.1. The third-order valence-corrected chi connectivity index (χ3v) is 8.29. The molecule has 1 saturated carbocycles. The normalized spacial score (nSPS) is 20.6. The first-order chi connectivity index (χ1) is 19.2. The smallest absolute Gasteiger partial charge is 0.164 e. The van der Waals surface area contributed by atoms with E-state index in [0.29, 0.717) is 24.0 Å². The van der Waals surface area contributed by atoms with Crippen LogP contribution in [0.4, 0.5) is 10.2 Å². The summed E-state index contributed by atoms with van der Waals surface area (Å²) in [5.41, 5.74) is 10.4. The van der Waals surface area contributed by atoms with Gasteiger partial charge in [0.15, 0.2) is 5.65 Å². The van der Waals surface area contributed by atoms with E-state index >= 15 is 0 Å². The molecule has 10 heteroatoms. The third kappa shape index (κ3) is 4.43. The van der Waals surface area contributed by atoms with Crippen LogP contribution in [0, 0.1) is 5.82 Å². The van der Waals surface area contributed by atoms with Crippen LogP contribution in [0.3, 0.4) is 0 Å². The molecule has 2 aromatic carbocycles. The Kier molecular flexibility index (Phi) is 6.21. The van der Waals surface area contributed by atoms with Crippen LogP contribution < -0.4 is 5.73 Å². The topological polar surface area (TPSA) is 99.9 Å². The molecule has 2 aliphatic rings. The van der Waals surface area contributed by atoms with Crippen LogP contribution in [-0.4, -0.2) is 66.8 Å². The van der Waals surface area contributed by atoms with Crippen molar-refractivity contribution in [3.8, 4) is 11.3 Å². The molecule has 0 bridgehead atoms. The molecule has 1 aliphatic carbocycles. The van der Waals surface area contributed by atoms with Gasteiger partial charge >= 0.3 is 0 Å². The molecule has 39 heavy (non-hydrogen) atoms. The largest absolute Gasteiger partial charge is 0.383 e. The van der Waals surface area contributed by atoms with Crippen molar-refractivity contribution in [3.63, 3.8) is 0 Å². The van der Waals surface area contributed by atoms with Gasteiger partial charge in [-0.05, 0) is 43.9 Å². The number of morpholine rings is 1. The summed E-state index contributed by atoms with van der Waals surface area (Å²) in [6, 6.07) is 13.8. The number of nitrogen functional groups attached to an aromatic ring is 1. The van der Waals surface area contributed by atoms with Gasteiger partial charge in [0.25, 0.3) is 0 Å². The number of hydrogen-bond donors (Lipinski definition) is 1. The molecular formula is C29H31FN8O. The maximum atomic E-state index is 14.2. The van der Waals surface area contributed by atoms with Gasteiger partial charge in [-0.3, -0.25) is 9.58 Å². The van der Waals surface area contributed by atoms with E-state index in [-0.39, 0.29) is 11.9 Å². The van der Waals surface area contributed by atoms with Crippen molar-refractivity contribution >= 4 is 27.8 Å². The lowest BCUT2D eigenvalue weighted by Gasteiger charge is -2.38. The van der Waals surface area contributed by atoms with Gasteiger partial charge in [0.2, 0.25) is 0 Å². The molecule has 2 fully saturated rings. The van der Waals surface area contributed by atoms with E-state index in [2.05, 4.69) is 30.7 Å². The second-order valence-corrected chi connectivity index (χ2v) is 10.5. The Hall–Kier alpha value is -3.89. The van der Waals surface area contributed by atoms with Crippen molar-refractivity contribution in [2.75, 3.05) is 32.0 Å². The number of anilines is 1. The minimum Gasteiger partial charge on any atom is -0.383 e. The van der Waals surface area contributed by atoms with E-state index in [9.17, 15) is 4.39 Å². The van der Waals surface area contributed by atoms with Crippen LogP contribution in [0.15, 0.2) is 55.0 Å². The predicted molar refractivity (Wildman–Crippen MR) is 148 cm³/mol. The average Bonchev–Trinajstić information content (AvgIpc) is 3.57. The Morgan fingerprint density at radius 3 is 2.59 bits per heavy atom. The summed E-state index contributed by atoms with van der Waals surface area (Å²) in [4.78, 5) is 11.5. The Morgan fingerprint density at radius 2 is 1.77 bits per heavy atom. The number of nitrogens with two attached hydrogens (primary N) is 1. The molecule has 0 amide bonds. The van der Waals surface area contributed by atoms with Crippen LogP contribution in [0.2, 0.25) is 0 Å². The first kappa shape index (κ1) is 24.2. The van der Waals surface area contributed by atoms with E-state index in [1.165, 1.54) is 12.4 Å². The second-order valence-electron chi connectivity index (χ2n) is 10.5. The predicted octanol–water partition coefficient (Wildman–Crippen LogP) is 4.43. The maximum absolute atomic E-state index is 14.2. The molecule has 7 rings (SSSR count). The Bertz CT molecular complexity index is 1630. The summed E-state index contributed by atoms with van der Waals surface area (Å²) in [6.07, 6.45) is 7.69. The first-order valence-corrected chi connectivity index (χ1v) is 13.7. The molecule has 1 aliphatic heterocycles. The monoisotopic (exact) mass is 526 g/mol. The zero-order valence-electron chi connectivity index (χ0n) is 21.7. The fraction of sp³-hybridized carbons (Fsp3) is 0.379. The molecule has 0 atom stereocenters. The van der Waals surface area contributed by atoms with Crippen LogP contribution in [-0.2, 0) is 11.3 Å². The summed E-state index contributed by atoms with van der Waals surface area (Å²) >= 11 is 0. The summed E-state index contributed by atoms with van der Waals surface area (Å²) < 4.78 is 23.7. The van der Waals surface area contributed by atoms with Gasteiger partial charge in [-0.25, -0.2) is 19.0 Å². The van der Waals surface area contributed by atoms with Crippen LogP contribution >= 0.6 is 0 Å². The van der Waals surface area contributed by atoms with Crippen molar-refractivity contribution in [2.45, 2.75) is 44.3 Å². The fourth-order valence-corrected chi connectivity index (χ4v) is 6.21. The summed E-state index contributed by atoms with van der Waals surface area (Å²) in [5.74, 6) is 0.197. The van der Waals surface area contributed by atoms with Gasteiger partial charge in [-0.1, -0.05) is 24.3 Å². The van der Waals surface area contributed by atoms with Crippen LogP contribution in [0.25, 0.3) is 33.2 Å². The number of benzene rings is 2. The van der Waals surface area contributed by atoms with E-state index in [1.54, 1.807) is 12.1 Å². The number of hydrogen-bond acceptors (Lipinski definition) is 7. The maximum Gasteiger partial charge on any atom is 0.164 e. The molecule has 200 valence electrons. The van der Waals surface area contributed by atoms with Crippen molar-refractivity contribution < 1.29 is 9.13 Å². The molecule has 1 saturated heterocycles. The van der Waals surface area contributed by atoms with Gasteiger partial charge < -0.3 is 10.5 Å². The molecule has 2 N–H and O–H groups in total. The van der Waals surface area contributed by atoms with Gasteiger partial charge in [-0.15, -0.1) is 0 Å². The molecule has 5 aromatic rings. The van der Waals surface area contributed by atoms with Gasteiger partial charge in [-0.2, -0.15) is 10.2 Å². The highest BCUT2D eigenvalue weighted by molar-refractivity contribution is 5.99. The zero-order valence-corrected chi connectivity index (χ0v) is 21.7. The Labute approximate surface area is 225 Å². The van der Waals surface area contributed by atoms with Crippen molar-refractivity contribution in [1.29, 1.82) is 0 Å². The summed E-state index contributed by atoms with van der Waals surface area (Å²) in [5, 5.41) is 11.4. The number of rotatable bonds is 5. The summed E-state index contributed by atoms with van der Waals surface area (Å²) in [6.45, 7) is 4.06. The molecule has 0 radical (unpaired) electrons. The first-order valence-electron chi connectivity index (χ1n) is 13.7. The van der Waals surface area contributed by atoms with Crippen molar-refractivity contribution in [3.05, 3.63) is 66.4 Å². The molecule has 0 unspecified atom stereocenters. The lowest BCUT2D eigenvalue weighted by molar-refractivity contribution is 0.00520. The van der Waals surface area contributed by atoms with E-state index < -0.39 is 0 Å². The standard InChI is InChI=1S/C29H31FN8O/c30-24-4-2-1-3-20(24)17-37-25-10-5-19(15-21(25)16-34-37)27-26-28(31)32-18-33-29(26)38(35-27)23-8-6-22(7-9-23)36-11-13-39-14-12-36/h1-5,10,15-16,18,22-23H,6-9,11-14,17H2,(H2,31,32,33)/t22-,23-. The molecule has 0 spiro atoms. The highest BCUT2D eigenvalue weighted by Crippen LogP contribution is 2.37. The highest BCUT2D eigenvalue weighted by Gasteiger charge is 2.30. The minimum absolute atomic E-state index is 0.232. The van der Waals surface area contributed by atoms with E-state index in [0.717, 1.165) is 85.2 Å². The van der Waals surface area contributed by atoms with Gasteiger partial charge in [0, 0.05) is 35.6 Å². The van der Waals surface area contributed by atoms with Crippen LogP contribution in [0.1, 0.15) is 37.3 Å². The molecule has 4 heterocycles. The lowest BCUT2D eigenvalue weighted by Crippen LogP contribution is -2.45. The average molecular weight is 527 g/mol. The van der Waals surface area contributed by atoms with E-state index in [4.69, 9.17) is 15.6 Å². The number of nitrogens with zero attached hydrogens (tertiary/aromatic N) is 7. The lowest BCUT2D eigenvalue weighted by atomic mass is 9.90. The summed E-state index contributed by atoms with van der Waals surface area (Å²) in [7, 11) is 0. The minimum atomic E-state index is -0.232. The van der Waals surface area contributed by atoms with Crippen molar-refractivity contribution in [2.24, 2.45) is 0 Å². The van der Waals surface area contributed by atoms with E-state index in [1.807, 2.05) is 29.1 Å². The molecular weight excluding hydrogens is 495 g/mol. The molecule has 9 nitrogen and oxygen atoms in total. The van der Waals surface area contributed by atoms with Crippen molar-refractivity contribution in [1.82, 2.24) is 34.4 Å². The third-order valence-electron chi connectivity index (χ3n) is 8.29. The fourth-order valence-electron chi connectivity index (χ4n) is 6.21. The number of fused-ring (bicyclic) bond motifs is 2. The Balaban J connectivity index is 1.20. The molecule has 3 aromatic heterocycles. The van der Waals surface area contributed by atoms with Crippen LogP contribution in [0.5, 0.6) is 0 Å².